The van der Waals surface area contributed by atoms with Gasteiger partial charge in [0.05, 0.1) is 12.2 Å². The first-order valence-corrected chi connectivity index (χ1v) is 5.18. The molecule has 0 saturated heterocycles. The molecule has 0 aliphatic heterocycles. The predicted molar refractivity (Wildman–Crippen MR) is 57.0 cm³/mol. The third-order valence-electron chi connectivity index (χ3n) is 2.20. The summed E-state index contributed by atoms with van der Waals surface area (Å²) in [7, 11) is 0. The van der Waals surface area contributed by atoms with E-state index in [-0.39, 0.29) is 18.7 Å². The van der Waals surface area contributed by atoms with Gasteiger partial charge >= 0.3 is 5.97 Å². The average Bonchev–Trinajstić information content (AvgIpc) is 2.71. The number of carboxylic acid groups (broad SMARTS) is 1. The average molecular weight is 225 g/mol. The van der Waals surface area contributed by atoms with Crippen molar-refractivity contribution in [2.24, 2.45) is 0 Å². The number of carbonyl (C=O) groups is 2. The monoisotopic (exact) mass is 225 g/mol. The van der Waals surface area contributed by atoms with Crippen LogP contribution in [-0.2, 0) is 9.59 Å². The van der Waals surface area contributed by atoms with Crippen LogP contribution in [0.15, 0.2) is 22.8 Å². The Balaban J connectivity index is 2.69. The number of hydrogen-bond acceptors (Lipinski definition) is 3. The lowest BCUT2D eigenvalue weighted by Gasteiger charge is -2.12. The molecule has 5 heteroatoms. The Kier molecular flexibility index (Phi) is 4.57. The molecular formula is C11H15NO4. The highest BCUT2D eigenvalue weighted by Crippen LogP contribution is 2.22. The van der Waals surface area contributed by atoms with Gasteiger partial charge in [0.15, 0.2) is 0 Å². The summed E-state index contributed by atoms with van der Waals surface area (Å²) in [5, 5.41) is 11.3. The molecule has 0 aliphatic rings. The van der Waals surface area contributed by atoms with Gasteiger partial charge in [-0.25, -0.2) is 0 Å². The minimum atomic E-state index is -0.916. The molecular weight excluding hydrogens is 210 g/mol. The van der Waals surface area contributed by atoms with Gasteiger partial charge in [-0.15, -0.1) is 0 Å². The molecule has 1 aromatic heterocycles. The predicted octanol–water partition coefficient (Wildman–Crippen LogP) is 1.36. The van der Waals surface area contributed by atoms with E-state index in [2.05, 4.69) is 5.32 Å². The first kappa shape index (κ1) is 12.3. The Morgan fingerprint density at radius 1 is 1.56 bits per heavy atom. The Morgan fingerprint density at radius 3 is 2.81 bits per heavy atom. The molecule has 0 bridgehead atoms. The molecule has 1 aromatic rings. The summed E-state index contributed by atoms with van der Waals surface area (Å²) < 4.78 is 5.14. The highest BCUT2D eigenvalue weighted by Gasteiger charge is 2.23. The van der Waals surface area contributed by atoms with Gasteiger partial charge in [-0.1, -0.05) is 0 Å². The van der Waals surface area contributed by atoms with Crippen LogP contribution >= 0.6 is 0 Å². The van der Waals surface area contributed by atoms with Crippen LogP contribution < -0.4 is 5.32 Å². The molecule has 16 heavy (non-hydrogen) atoms. The fourth-order valence-electron chi connectivity index (χ4n) is 1.46. The number of hydrogen-bond donors (Lipinski definition) is 2. The Bertz CT molecular complexity index is 345. The molecule has 0 aromatic carbocycles. The Labute approximate surface area is 93.4 Å². The van der Waals surface area contributed by atoms with Gasteiger partial charge in [0, 0.05) is 13.0 Å². The maximum Gasteiger partial charge on any atom is 0.303 e. The van der Waals surface area contributed by atoms with Crippen LogP contribution in [0.5, 0.6) is 0 Å². The largest absolute Gasteiger partial charge is 0.481 e. The van der Waals surface area contributed by atoms with Crippen LogP contribution in [0.3, 0.4) is 0 Å². The third-order valence-corrected chi connectivity index (χ3v) is 2.20. The van der Waals surface area contributed by atoms with E-state index in [1.54, 1.807) is 12.1 Å². The Hall–Kier alpha value is -1.78. The topological polar surface area (TPSA) is 79.5 Å². The fraction of sp³-hybridized carbons (Fsp3) is 0.455. The standard InChI is InChI=1S/C11H15NO4/c1-2-12-11(15)8(5-6-10(13)14)9-4-3-7-16-9/h3-4,7-8H,2,5-6H2,1H3,(H,12,15)(H,13,14). The molecule has 1 atom stereocenters. The number of likely N-dealkylation sites (N-methyl/N-ethyl adjacent to an activating group) is 1. The molecule has 5 nitrogen and oxygen atoms in total. The van der Waals surface area contributed by atoms with Gasteiger partial charge in [-0.05, 0) is 25.5 Å². The van der Waals surface area contributed by atoms with Crippen molar-refractivity contribution < 1.29 is 19.1 Å². The van der Waals surface area contributed by atoms with Gasteiger partial charge in [0.2, 0.25) is 5.91 Å². The minimum Gasteiger partial charge on any atom is -0.481 e. The number of aliphatic carboxylic acids is 1. The second-order valence-corrected chi connectivity index (χ2v) is 3.39. The van der Waals surface area contributed by atoms with Crippen LogP contribution in [0.25, 0.3) is 0 Å². The molecule has 0 spiro atoms. The second-order valence-electron chi connectivity index (χ2n) is 3.39. The maximum atomic E-state index is 11.7. The van der Waals surface area contributed by atoms with E-state index in [1.807, 2.05) is 6.92 Å². The summed E-state index contributed by atoms with van der Waals surface area (Å²) in [6.07, 6.45) is 1.67. The van der Waals surface area contributed by atoms with Crippen molar-refractivity contribution in [2.45, 2.75) is 25.7 Å². The zero-order valence-corrected chi connectivity index (χ0v) is 9.10. The molecule has 88 valence electrons. The number of nitrogens with one attached hydrogen (secondary N) is 1. The molecule has 0 fully saturated rings. The first-order valence-electron chi connectivity index (χ1n) is 5.18. The van der Waals surface area contributed by atoms with Crippen LogP contribution in [0.4, 0.5) is 0 Å². The van der Waals surface area contributed by atoms with Crippen LogP contribution in [0.2, 0.25) is 0 Å². The zero-order valence-electron chi connectivity index (χ0n) is 9.10. The van der Waals surface area contributed by atoms with E-state index < -0.39 is 11.9 Å². The van der Waals surface area contributed by atoms with Crippen molar-refractivity contribution in [1.82, 2.24) is 5.32 Å². The number of rotatable bonds is 6. The Morgan fingerprint density at radius 2 is 2.31 bits per heavy atom. The summed E-state index contributed by atoms with van der Waals surface area (Å²) >= 11 is 0. The van der Waals surface area contributed by atoms with E-state index >= 15 is 0 Å². The van der Waals surface area contributed by atoms with Gasteiger partial charge in [-0.2, -0.15) is 0 Å². The first-order chi connectivity index (χ1) is 7.65. The lowest BCUT2D eigenvalue weighted by atomic mass is 9.99. The van der Waals surface area contributed by atoms with Crippen molar-refractivity contribution in [2.75, 3.05) is 6.54 Å². The number of furan rings is 1. The lowest BCUT2D eigenvalue weighted by Crippen LogP contribution is -2.29. The van der Waals surface area contributed by atoms with Crippen molar-refractivity contribution in [3.05, 3.63) is 24.2 Å². The van der Waals surface area contributed by atoms with E-state index in [9.17, 15) is 9.59 Å². The van der Waals surface area contributed by atoms with Crippen LogP contribution in [0, 0.1) is 0 Å². The molecule has 1 unspecified atom stereocenters. The molecule has 2 N–H and O–H groups in total. The van der Waals surface area contributed by atoms with Crippen molar-refractivity contribution in [1.29, 1.82) is 0 Å². The van der Waals surface area contributed by atoms with Crippen molar-refractivity contribution >= 4 is 11.9 Å². The minimum absolute atomic E-state index is 0.0531. The molecule has 0 aliphatic carbocycles. The molecule has 0 radical (unpaired) electrons. The molecule has 1 heterocycles. The van der Waals surface area contributed by atoms with E-state index in [4.69, 9.17) is 9.52 Å². The lowest BCUT2D eigenvalue weighted by molar-refractivity contribution is -0.137. The number of carboxylic acids is 1. The summed E-state index contributed by atoms with van der Waals surface area (Å²) in [6.45, 7) is 2.33. The van der Waals surface area contributed by atoms with E-state index in [1.165, 1.54) is 6.26 Å². The molecule has 1 amide bonds. The summed E-state index contributed by atoms with van der Waals surface area (Å²) in [5.74, 6) is -1.13. The van der Waals surface area contributed by atoms with E-state index in [0.717, 1.165) is 0 Å². The van der Waals surface area contributed by atoms with Gasteiger partial charge in [-0.3, -0.25) is 9.59 Å². The highest BCUT2D eigenvalue weighted by molar-refractivity contribution is 5.83. The van der Waals surface area contributed by atoms with Crippen LogP contribution in [0.1, 0.15) is 31.4 Å². The van der Waals surface area contributed by atoms with E-state index in [0.29, 0.717) is 12.3 Å². The summed E-state index contributed by atoms with van der Waals surface area (Å²) in [5.41, 5.74) is 0. The second kappa shape index (κ2) is 5.95. The van der Waals surface area contributed by atoms with Crippen LogP contribution in [-0.4, -0.2) is 23.5 Å². The number of carbonyl (C=O) groups excluding carboxylic acids is 1. The smallest absolute Gasteiger partial charge is 0.303 e. The highest BCUT2D eigenvalue weighted by atomic mass is 16.4. The molecule has 1 rings (SSSR count). The van der Waals surface area contributed by atoms with Crippen molar-refractivity contribution in [3.63, 3.8) is 0 Å². The zero-order chi connectivity index (χ0) is 12.0. The maximum absolute atomic E-state index is 11.7. The fourth-order valence-corrected chi connectivity index (χ4v) is 1.46. The number of amides is 1. The van der Waals surface area contributed by atoms with Gasteiger partial charge < -0.3 is 14.8 Å². The summed E-state index contributed by atoms with van der Waals surface area (Å²) in [4.78, 5) is 22.2. The van der Waals surface area contributed by atoms with Crippen molar-refractivity contribution in [3.8, 4) is 0 Å². The molecule has 0 saturated carbocycles. The summed E-state index contributed by atoms with van der Waals surface area (Å²) in [6, 6.07) is 3.37. The van der Waals surface area contributed by atoms with Gasteiger partial charge in [0.1, 0.15) is 5.76 Å². The quantitative estimate of drug-likeness (QED) is 0.766. The third kappa shape index (κ3) is 3.42. The van der Waals surface area contributed by atoms with Gasteiger partial charge in [0.25, 0.3) is 0 Å². The normalized spacial score (nSPS) is 12.1. The SMILES string of the molecule is CCNC(=O)C(CCC(=O)O)c1ccco1.